The van der Waals surface area contributed by atoms with Gasteiger partial charge in [0.2, 0.25) is 5.91 Å². The summed E-state index contributed by atoms with van der Waals surface area (Å²) in [6, 6.07) is 9.77. The van der Waals surface area contributed by atoms with Gasteiger partial charge in [-0.25, -0.2) is 0 Å². The molecule has 0 saturated heterocycles. The molecule has 0 spiro atoms. The van der Waals surface area contributed by atoms with Crippen LogP contribution in [0, 0.1) is 17.8 Å². The van der Waals surface area contributed by atoms with Crippen LogP contribution in [-0.2, 0) is 4.79 Å². The summed E-state index contributed by atoms with van der Waals surface area (Å²) in [6.45, 7) is 0. The number of amides is 1. The summed E-state index contributed by atoms with van der Waals surface area (Å²) in [5.41, 5.74) is 0.917. The number of fused-ring (bicyclic) bond motifs is 1. The van der Waals surface area contributed by atoms with E-state index in [2.05, 4.69) is 17.5 Å². The summed E-state index contributed by atoms with van der Waals surface area (Å²) >= 11 is 0. The predicted molar refractivity (Wildman–Crippen MR) is 73.1 cm³/mol. The Morgan fingerprint density at radius 3 is 2.22 bits per heavy atom. The summed E-state index contributed by atoms with van der Waals surface area (Å²) in [6.07, 6.45) is 9.15. The van der Waals surface area contributed by atoms with Gasteiger partial charge < -0.3 is 5.32 Å². The van der Waals surface area contributed by atoms with Crippen molar-refractivity contribution < 1.29 is 4.79 Å². The number of para-hydroxylation sites is 1. The molecule has 3 rings (SSSR count). The lowest BCUT2D eigenvalue weighted by atomic mass is 10.1. The monoisotopic (exact) mass is 241 g/mol. The molecule has 1 amide bonds. The summed E-state index contributed by atoms with van der Waals surface area (Å²) in [4.78, 5) is 12.2. The maximum absolute atomic E-state index is 12.2. The van der Waals surface area contributed by atoms with E-state index in [0.29, 0.717) is 11.8 Å². The van der Waals surface area contributed by atoms with Crippen LogP contribution in [0.2, 0.25) is 0 Å². The van der Waals surface area contributed by atoms with Gasteiger partial charge in [-0.2, -0.15) is 0 Å². The van der Waals surface area contributed by atoms with Crippen molar-refractivity contribution >= 4 is 11.6 Å². The van der Waals surface area contributed by atoms with Gasteiger partial charge in [0.1, 0.15) is 0 Å². The van der Waals surface area contributed by atoms with Crippen molar-refractivity contribution in [3.63, 3.8) is 0 Å². The molecule has 2 unspecified atom stereocenters. The van der Waals surface area contributed by atoms with Gasteiger partial charge in [-0.3, -0.25) is 4.79 Å². The largest absolute Gasteiger partial charge is 0.326 e. The molecule has 94 valence electrons. The molecule has 0 radical (unpaired) electrons. The van der Waals surface area contributed by atoms with Crippen LogP contribution in [0.1, 0.15) is 25.7 Å². The second-order valence-corrected chi connectivity index (χ2v) is 5.33. The first-order valence-electron chi connectivity index (χ1n) is 6.87. The van der Waals surface area contributed by atoms with Crippen LogP contribution in [0.5, 0.6) is 0 Å². The second kappa shape index (κ2) is 4.97. The Kier molecular flexibility index (Phi) is 3.18. The van der Waals surface area contributed by atoms with Crippen LogP contribution in [0.4, 0.5) is 5.69 Å². The van der Waals surface area contributed by atoms with E-state index in [1.54, 1.807) is 0 Å². The number of hydrogen-bond donors (Lipinski definition) is 1. The smallest absolute Gasteiger partial charge is 0.228 e. The Balaban J connectivity index is 1.61. The van der Waals surface area contributed by atoms with Gasteiger partial charge >= 0.3 is 0 Å². The van der Waals surface area contributed by atoms with Gasteiger partial charge in [0.05, 0.1) is 0 Å². The number of allylic oxidation sites excluding steroid dienone is 2. The first kappa shape index (κ1) is 11.5. The Morgan fingerprint density at radius 2 is 1.61 bits per heavy atom. The Labute approximate surface area is 108 Å². The minimum absolute atomic E-state index is 0.220. The van der Waals surface area contributed by atoms with Gasteiger partial charge in [-0.05, 0) is 49.7 Å². The van der Waals surface area contributed by atoms with Crippen molar-refractivity contribution in [2.45, 2.75) is 25.7 Å². The Hall–Kier alpha value is -1.57. The highest BCUT2D eigenvalue weighted by molar-refractivity contribution is 5.94. The Morgan fingerprint density at radius 1 is 1.00 bits per heavy atom. The van der Waals surface area contributed by atoms with Crippen LogP contribution in [-0.4, -0.2) is 5.91 Å². The van der Waals surface area contributed by atoms with E-state index in [1.807, 2.05) is 30.3 Å². The molecule has 2 nitrogen and oxygen atoms in total. The van der Waals surface area contributed by atoms with E-state index >= 15 is 0 Å². The normalized spacial score (nSPS) is 29.9. The molecule has 1 N–H and O–H groups in total. The van der Waals surface area contributed by atoms with Crippen LogP contribution in [0.25, 0.3) is 0 Å². The van der Waals surface area contributed by atoms with Crippen molar-refractivity contribution in [1.29, 1.82) is 0 Å². The molecule has 18 heavy (non-hydrogen) atoms. The molecule has 1 aromatic carbocycles. The lowest BCUT2D eigenvalue weighted by molar-refractivity contribution is -0.117. The first-order valence-corrected chi connectivity index (χ1v) is 6.87. The van der Waals surface area contributed by atoms with Crippen molar-refractivity contribution in [2.24, 2.45) is 17.8 Å². The van der Waals surface area contributed by atoms with Crippen molar-refractivity contribution in [3.05, 3.63) is 42.5 Å². The van der Waals surface area contributed by atoms with E-state index in [0.717, 1.165) is 18.5 Å². The van der Waals surface area contributed by atoms with Crippen LogP contribution in [0.15, 0.2) is 42.5 Å². The molecule has 0 aromatic heterocycles. The van der Waals surface area contributed by atoms with Crippen LogP contribution < -0.4 is 5.32 Å². The minimum atomic E-state index is 0.220. The Bertz CT molecular complexity index is 435. The fourth-order valence-electron chi connectivity index (χ4n) is 3.18. The van der Waals surface area contributed by atoms with Gasteiger partial charge in [0, 0.05) is 11.6 Å². The zero-order chi connectivity index (χ0) is 12.4. The molecule has 0 heterocycles. The molecule has 1 saturated carbocycles. The van der Waals surface area contributed by atoms with Gasteiger partial charge in [-0.15, -0.1) is 0 Å². The topological polar surface area (TPSA) is 29.1 Å². The fourth-order valence-corrected chi connectivity index (χ4v) is 3.18. The van der Waals surface area contributed by atoms with Crippen molar-refractivity contribution in [3.8, 4) is 0 Å². The molecular formula is C16H19NO. The third kappa shape index (κ3) is 2.33. The maximum atomic E-state index is 12.2. The van der Waals surface area contributed by atoms with Gasteiger partial charge in [0.15, 0.2) is 0 Å². The highest BCUT2D eigenvalue weighted by Crippen LogP contribution is 2.53. The number of nitrogens with one attached hydrogen (secondary N) is 1. The lowest BCUT2D eigenvalue weighted by Gasteiger charge is -2.04. The summed E-state index contributed by atoms with van der Waals surface area (Å²) in [7, 11) is 0. The maximum Gasteiger partial charge on any atom is 0.228 e. The van der Waals surface area contributed by atoms with E-state index in [-0.39, 0.29) is 11.8 Å². The average molecular weight is 241 g/mol. The van der Waals surface area contributed by atoms with E-state index in [1.165, 1.54) is 12.8 Å². The van der Waals surface area contributed by atoms with Gasteiger partial charge in [0.25, 0.3) is 0 Å². The van der Waals surface area contributed by atoms with E-state index in [9.17, 15) is 4.79 Å². The first-order chi connectivity index (χ1) is 8.86. The summed E-state index contributed by atoms with van der Waals surface area (Å²) in [5, 5.41) is 3.04. The average Bonchev–Trinajstić information content (AvgIpc) is 3.02. The van der Waals surface area contributed by atoms with Crippen molar-refractivity contribution in [1.82, 2.24) is 0 Å². The molecule has 2 atom stereocenters. The molecule has 0 bridgehead atoms. The van der Waals surface area contributed by atoms with Gasteiger partial charge in [-0.1, -0.05) is 30.4 Å². The third-order valence-corrected chi connectivity index (χ3v) is 4.18. The molecule has 1 aromatic rings. The minimum Gasteiger partial charge on any atom is -0.326 e. The zero-order valence-corrected chi connectivity index (χ0v) is 10.5. The van der Waals surface area contributed by atoms with Crippen LogP contribution in [0.3, 0.4) is 0 Å². The highest BCUT2D eigenvalue weighted by atomic mass is 16.2. The quantitative estimate of drug-likeness (QED) is 0.787. The van der Waals surface area contributed by atoms with E-state index < -0.39 is 0 Å². The zero-order valence-electron chi connectivity index (χ0n) is 10.5. The number of carbonyl (C=O) groups excluding carboxylic acids is 1. The van der Waals surface area contributed by atoms with E-state index in [4.69, 9.17) is 0 Å². The summed E-state index contributed by atoms with van der Waals surface area (Å²) in [5.74, 6) is 1.72. The number of hydrogen-bond acceptors (Lipinski definition) is 1. The fraction of sp³-hybridized carbons (Fsp3) is 0.438. The molecule has 2 aliphatic carbocycles. The van der Waals surface area contributed by atoms with Crippen molar-refractivity contribution in [2.75, 3.05) is 5.32 Å². The lowest BCUT2D eigenvalue weighted by Crippen LogP contribution is -2.15. The molecular weight excluding hydrogens is 222 g/mol. The number of carbonyl (C=O) groups is 1. The molecule has 0 aliphatic heterocycles. The standard InChI is InChI=1S/C16H19NO/c18-16(17-12-8-4-3-5-9-12)15-13-10-6-1-2-7-11-14(13)15/h1-5,8-9,13-15H,6-7,10-11H2,(H,17,18). The summed E-state index contributed by atoms with van der Waals surface area (Å²) < 4.78 is 0. The molecule has 2 heteroatoms. The number of rotatable bonds is 2. The van der Waals surface area contributed by atoms with Crippen LogP contribution >= 0.6 is 0 Å². The number of anilines is 1. The third-order valence-electron chi connectivity index (χ3n) is 4.18. The molecule has 1 fully saturated rings. The molecule has 2 aliphatic rings. The second-order valence-electron chi connectivity index (χ2n) is 5.33. The SMILES string of the molecule is O=C(Nc1ccccc1)C1C2CCC=CCCC21. The number of benzene rings is 1. The highest BCUT2D eigenvalue weighted by Gasteiger charge is 2.53. The predicted octanol–water partition coefficient (Wildman–Crippen LogP) is 3.62.